The molecule has 0 unspecified atom stereocenters. The largest absolute Gasteiger partial charge is 0.358 e. The number of hydrogen-bond acceptors (Lipinski definition) is 4. The van der Waals surface area contributed by atoms with Crippen molar-refractivity contribution in [3.8, 4) is 0 Å². The molecule has 2 N–H and O–H groups in total. The number of nitrogens with one attached hydrogen (secondary N) is 2. The number of fused-ring (bicyclic) bond motifs is 2. The third-order valence-corrected chi connectivity index (χ3v) is 6.58. The van der Waals surface area contributed by atoms with Gasteiger partial charge in [-0.25, -0.2) is 4.68 Å². The molecular weight excluding hydrogens is 402 g/mol. The number of piperidine rings is 1. The van der Waals surface area contributed by atoms with Gasteiger partial charge in [-0.3, -0.25) is 14.5 Å². The molecular formula is C25H27N5O2. The van der Waals surface area contributed by atoms with E-state index in [2.05, 4.69) is 51.5 Å². The van der Waals surface area contributed by atoms with Crippen LogP contribution < -0.4 is 10.9 Å². The molecule has 1 amide bonds. The van der Waals surface area contributed by atoms with E-state index >= 15 is 0 Å². The molecule has 3 heterocycles. The highest BCUT2D eigenvalue weighted by atomic mass is 16.2. The van der Waals surface area contributed by atoms with E-state index in [9.17, 15) is 9.59 Å². The van der Waals surface area contributed by atoms with Crippen molar-refractivity contribution >= 4 is 27.6 Å². The fourth-order valence-corrected chi connectivity index (χ4v) is 4.99. The number of aryl methyl sites for hydroxylation is 1. The van der Waals surface area contributed by atoms with Crippen molar-refractivity contribution in [2.24, 2.45) is 0 Å². The normalized spacial score (nSPS) is 15.4. The quantitative estimate of drug-likeness (QED) is 0.521. The minimum Gasteiger partial charge on any atom is -0.358 e. The topological polar surface area (TPSA) is 83.0 Å². The Kier molecular flexibility index (Phi) is 5.27. The molecule has 2 aromatic carbocycles. The van der Waals surface area contributed by atoms with Crippen LogP contribution in [0, 0.1) is 6.92 Å². The molecule has 0 aliphatic carbocycles. The van der Waals surface area contributed by atoms with E-state index in [0.717, 1.165) is 25.9 Å². The summed E-state index contributed by atoms with van der Waals surface area (Å²) in [6.45, 7) is 4.29. The van der Waals surface area contributed by atoms with E-state index in [1.807, 2.05) is 12.1 Å². The lowest BCUT2D eigenvalue weighted by molar-refractivity contribution is 0.0954. The maximum atomic E-state index is 13.0. The smallest absolute Gasteiger partial charge is 0.275 e. The van der Waals surface area contributed by atoms with Crippen molar-refractivity contribution in [3.63, 3.8) is 0 Å². The van der Waals surface area contributed by atoms with Crippen LogP contribution in [0.2, 0.25) is 0 Å². The number of nitrogens with zero attached hydrogens (tertiary/aromatic N) is 3. The zero-order chi connectivity index (χ0) is 22.2. The van der Waals surface area contributed by atoms with Crippen LogP contribution in [0.4, 0.5) is 0 Å². The summed E-state index contributed by atoms with van der Waals surface area (Å²) in [4.78, 5) is 31.2. The Morgan fingerprint density at radius 2 is 1.72 bits per heavy atom. The molecule has 0 spiro atoms. The fraction of sp³-hybridized carbons (Fsp3) is 0.320. The third kappa shape index (κ3) is 3.48. The van der Waals surface area contributed by atoms with Gasteiger partial charge < -0.3 is 10.3 Å². The van der Waals surface area contributed by atoms with Gasteiger partial charge in [0.2, 0.25) is 0 Å². The number of carbonyl (C=O) groups excluding carboxylic acids is 1. The van der Waals surface area contributed by atoms with Gasteiger partial charge in [-0.2, -0.15) is 5.10 Å². The van der Waals surface area contributed by atoms with Crippen molar-refractivity contribution in [2.45, 2.75) is 32.4 Å². The maximum absolute atomic E-state index is 13.0. The van der Waals surface area contributed by atoms with E-state index in [-0.39, 0.29) is 17.2 Å². The van der Waals surface area contributed by atoms with Crippen LogP contribution in [0.15, 0.2) is 53.3 Å². The number of rotatable bonds is 4. The first-order valence-corrected chi connectivity index (χ1v) is 11.1. The zero-order valence-electron chi connectivity index (χ0n) is 18.4. The number of para-hydroxylation sites is 1. The Bertz CT molecular complexity index is 1360. The Balaban J connectivity index is 1.38. The van der Waals surface area contributed by atoms with E-state index in [1.165, 1.54) is 26.8 Å². The van der Waals surface area contributed by atoms with Gasteiger partial charge in [0, 0.05) is 42.1 Å². The average Bonchev–Trinajstić information content (AvgIpc) is 3.16. The summed E-state index contributed by atoms with van der Waals surface area (Å²) in [5, 5.41) is 9.48. The summed E-state index contributed by atoms with van der Waals surface area (Å²) in [6, 6.07) is 15.6. The van der Waals surface area contributed by atoms with Crippen molar-refractivity contribution in [3.05, 3.63) is 75.8 Å². The molecule has 1 aliphatic rings. The molecule has 4 aromatic rings. The number of H-pyrrole nitrogens is 1. The Labute approximate surface area is 186 Å². The Morgan fingerprint density at radius 1 is 1.06 bits per heavy atom. The van der Waals surface area contributed by atoms with Crippen LogP contribution in [0.25, 0.3) is 21.7 Å². The molecule has 7 heteroatoms. The summed E-state index contributed by atoms with van der Waals surface area (Å²) in [5.74, 6) is 0.202. The summed E-state index contributed by atoms with van der Waals surface area (Å²) >= 11 is 0. The van der Waals surface area contributed by atoms with Crippen molar-refractivity contribution in [1.29, 1.82) is 0 Å². The minimum absolute atomic E-state index is 0.164. The summed E-state index contributed by atoms with van der Waals surface area (Å²) in [6.07, 6.45) is 2.04. The molecule has 1 aliphatic heterocycles. The second-order valence-corrected chi connectivity index (χ2v) is 8.52. The predicted molar refractivity (Wildman–Crippen MR) is 126 cm³/mol. The monoisotopic (exact) mass is 429 g/mol. The molecule has 32 heavy (non-hydrogen) atoms. The van der Waals surface area contributed by atoms with Crippen LogP contribution in [-0.4, -0.2) is 45.7 Å². The number of hydrogen-bond donors (Lipinski definition) is 2. The van der Waals surface area contributed by atoms with Gasteiger partial charge in [0.25, 0.3) is 11.5 Å². The first-order valence-electron chi connectivity index (χ1n) is 11.1. The standard InChI is InChI=1S/C25H27N5O2/c1-16-22(20-9-5-6-10-21(20)27-16)17-11-13-29(14-12-17)15-30-25(32)19-8-4-3-7-18(19)23(28-30)24(31)26-2/h3-10,17,27H,11-15H2,1-2H3,(H,26,31). The molecule has 2 aromatic heterocycles. The van der Waals surface area contributed by atoms with Crippen LogP contribution in [-0.2, 0) is 6.67 Å². The van der Waals surface area contributed by atoms with E-state index in [0.29, 0.717) is 23.4 Å². The lowest BCUT2D eigenvalue weighted by atomic mass is 9.87. The lowest BCUT2D eigenvalue weighted by Crippen LogP contribution is -2.39. The van der Waals surface area contributed by atoms with Gasteiger partial charge in [0.05, 0.1) is 12.1 Å². The van der Waals surface area contributed by atoms with Gasteiger partial charge >= 0.3 is 0 Å². The zero-order valence-corrected chi connectivity index (χ0v) is 18.4. The SMILES string of the molecule is CNC(=O)c1nn(CN2CCC(c3c(C)[nH]c4ccccc34)CC2)c(=O)c2ccccc12. The van der Waals surface area contributed by atoms with Crippen LogP contribution >= 0.6 is 0 Å². The number of amides is 1. The number of likely N-dealkylation sites (tertiary alicyclic amines) is 1. The van der Waals surface area contributed by atoms with E-state index in [1.54, 1.807) is 19.2 Å². The third-order valence-electron chi connectivity index (χ3n) is 6.58. The number of carbonyl (C=O) groups is 1. The van der Waals surface area contributed by atoms with E-state index < -0.39 is 0 Å². The molecule has 0 bridgehead atoms. The van der Waals surface area contributed by atoms with Crippen LogP contribution in [0.5, 0.6) is 0 Å². The predicted octanol–water partition coefficient (Wildman–Crippen LogP) is 3.38. The highest BCUT2D eigenvalue weighted by Gasteiger charge is 2.25. The molecule has 0 atom stereocenters. The second-order valence-electron chi connectivity index (χ2n) is 8.52. The van der Waals surface area contributed by atoms with Crippen molar-refractivity contribution in [1.82, 2.24) is 25.0 Å². The molecule has 5 rings (SSSR count). The maximum Gasteiger partial charge on any atom is 0.275 e. The first-order chi connectivity index (χ1) is 15.6. The molecule has 0 radical (unpaired) electrons. The number of benzene rings is 2. The van der Waals surface area contributed by atoms with Gasteiger partial charge in [-0.05, 0) is 43.4 Å². The van der Waals surface area contributed by atoms with Gasteiger partial charge in [-0.1, -0.05) is 36.4 Å². The van der Waals surface area contributed by atoms with Gasteiger partial charge in [0.1, 0.15) is 0 Å². The Hall–Kier alpha value is -3.45. The van der Waals surface area contributed by atoms with E-state index in [4.69, 9.17) is 0 Å². The highest BCUT2D eigenvalue weighted by molar-refractivity contribution is 6.04. The summed E-state index contributed by atoms with van der Waals surface area (Å²) in [5.41, 5.74) is 3.97. The average molecular weight is 430 g/mol. The molecule has 164 valence electrons. The van der Waals surface area contributed by atoms with Crippen LogP contribution in [0.1, 0.15) is 40.5 Å². The molecule has 0 saturated carbocycles. The first kappa shape index (κ1) is 20.5. The molecule has 7 nitrogen and oxygen atoms in total. The second kappa shape index (κ2) is 8.24. The summed E-state index contributed by atoms with van der Waals surface area (Å²) < 4.78 is 1.43. The lowest BCUT2D eigenvalue weighted by Gasteiger charge is -2.32. The highest BCUT2D eigenvalue weighted by Crippen LogP contribution is 2.35. The number of aromatic amines is 1. The molecule has 1 fully saturated rings. The van der Waals surface area contributed by atoms with Crippen molar-refractivity contribution < 1.29 is 4.79 Å². The van der Waals surface area contributed by atoms with Gasteiger partial charge in [0.15, 0.2) is 5.69 Å². The van der Waals surface area contributed by atoms with Gasteiger partial charge in [-0.15, -0.1) is 0 Å². The number of aromatic nitrogens is 3. The fourth-order valence-electron chi connectivity index (χ4n) is 4.99. The Morgan fingerprint density at radius 3 is 2.44 bits per heavy atom. The van der Waals surface area contributed by atoms with Crippen molar-refractivity contribution in [2.75, 3.05) is 20.1 Å². The molecule has 1 saturated heterocycles. The summed E-state index contributed by atoms with van der Waals surface area (Å²) in [7, 11) is 1.58. The van der Waals surface area contributed by atoms with Crippen LogP contribution in [0.3, 0.4) is 0 Å². The minimum atomic E-state index is -0.288.